The summed E-state index contributed by atoms with van der Waals surface area (Å²) in [5.41, 5.74) is 4.41. The topological polar surface area (TPSA) is 86.8 Å². The third-order valence-electron chi connectivity index (χ3n) is 6.80. The Labute approximate surface area is 245 Å². The van der Waals surface area contributed by atoms with E-state index in [0.29, 0.717) is 25.1 Å². The van der Waals surface area contributed by atoms with E-state index in [0.717, 1.165) is 22.3 Å². The van der Waals surface area contributed by atoms with E-state index in [4.69, 9.17) is 0 Å². The highest BCUT2D eigenvalue weighted by molar-refractivity contribution is 7.92. The number of aryl methyl sites for hydroxylation is 2. The minimum atomic E-state index is -3.56. The van der Waals surface area contributed by atoms with Crippen LogP contribution in [0.3, 0.4) is 0 Å². The van der Waals surface area contributed by atoms with Crippen molar-refractivity contribution in [1.29, 1.82) is 0 Å². The van der Waals surface area contributed by atoms with Gasteiger partial charge in [-0.3, -0.25) is 13.9 Å². The molecule has 1 atom stereocenters. The first-order chi connectivity index (χ1) is 19.4. The number of benzene rings is 3. The van der Waals surface area contributed by atoms with Gasteiger partial charge in [-0.2, -0.15) is 0 Å². The summed E-state index contributed by atoms with van der Waals surface area (Å²) in [5.74, 6) is -0.120. The molecule has 220 valence electrons. The number of carbonyl (C=O) groups is 2. The second kappa shape index (κ2) is 14.8. The van der Waals surface area contributed by atoms with E-state index in [1.165, 1.54) is 10.6 Å². The Hall–Kier alpha value is -3.65. The summed E-state index contributed by atoms with van der Waals surface area (Å²) in [7, 11) is -3.56. The van der Waals surface area contributed by atoms with Crippen LogP contribution in [0.15, 0.2) is 78.9 Å². The van der Waals surface area contributed by atoms with Crippen molar-refractivity contribution in [3.05, 3.63) is 101 Å². The number of hydrogen-bond donors (Lipinski definition) is 1. The number of nitrogens with one attached hydrogen (secondary N) is 1. The lowest BCUT2D eigenvalue weighted by Gasteiger charge is -2.32. The Morgan fingerprint density at radius 3 is 1.95 bits per heavy atom. The molecule has 0 bridgehead atoms. The first-order valence-electron chi connectivity index (χ1n) is 14.1. The molecule has 1 unspecified atom stereocenters. The molecule has 0 fully saturated rings. The van der Waals surface area contributed by atoms with Crippen molar-refractivity contribution in [3.63, 3.8) is 0 Å². The lowest BCUT2D eigenvalue weighted by Crippen LogP contribution is -2.51. The minimum absolute atomic E-state index is 0.104. The highest BCUT2D eigenvalue weighted by Crippen LogP contribution is 2.23. The molecular weight excluding hydrogens is 534 g/mol. The second-order valence-electron chi connectivity index (χ2n) is 11.1. The van der Waals surface area contributed by atoms with Crippen LogP contribution in [0, 0.1) is 19.8 Å². The fourth-order valence-electron chi connectivity index (χ4n) is 4.86. The van der Waals surface area contributed by atoms with E-state index < -0.39 is 16.1 Å². The van der Waals surface area contributed by atoms with E-state index in [1.54, 1.807) is 4.90 Å². The van der Waals surface area contributed by atoms with Gasteiger partial charge in [-0.25, -0.2) is 8.42 Å². The van der Waals surface area contributed by atoms with Gasteiger partial charge in [0.1, 0.15) is 6.04 Å². The lowest BCUT2D eigenvalue weighted by atomic mass is 10.0. The van der Waals surface area contributed by atoms with Crippen LogP contribution >= 0.6 is 0 Å². The maximum absolute atomic E-state index is 13.9. The van der Waals surface area contributed by atoms with E-state index in [1.807, 2.05) is 107 Å². The van der Waals surface area contributed by atoms with Crippen LogP contribution in [0.25, 0.3) is 0 Å². The maximum Gasteiger partial charge on any atom is 0.243 e. The zero-order valence-corrected chi connectivity index (χ0v) is 25.7. The number of sulfonamides is 1. The van der Waals surface area contributed by atoms with Gasteiger partial charge >= 0.3 is 0 Å². The van der Waals surface area contributed by atoms with Crippen molar-refractivity contribution in [2.24, 2.45) is 5.92 Å². The minimum Gasteiger partial charge on any atom is -0.354 e. The highest BCUT2D eigenvalue weighted by Gasteiger charge is 2.30. The maximum atomic E-state index is 13.9. The smallest absolute Gasteiger partial charge is 0.243 e. The van der Waals surface area contributed by atoms with Gasteiger partial charge in [0, 0.05) is 32.5 Å². The molecular formula is C33H43N3O4S. The quantitative estimate of drug-likeness (QED) is 0.283. The molecule has 2 amide bonds. The summed E-state index contributed by atoms with van der Waals surface area (Å²) in [6, 6.07) is 24.3. The van der Waals surface area contributed by atoms with Crippen molar-refractivity contribution in [2.75, 3.05) is 23.7 Å². The molecule has 0 saturated heterocycles. The van der Waals surface area contributed by atoms with Crippen LogP contribution in [0.4, 0.5) is 5.69 Å². The summed E-state index contributed by atoms with van der Waals surface area (Å²) in [6.07, 6.45) is 1.98. The zero-order chi connectivity index (χ0) is 30.0. The molecule has 41 heavy (non-hydrogen) atoms. The fraction of sp³-hybridized carbons (Fsp3) is 0.394. The molecule has 0 radical (unpaired) electrons. The van der Waals surface area contributed by atoms with Gasteiger partial charge in [0.25, 0.3) is 0 Å². The Morgan fingerprint density at radius 1 is 0.854 bits per heavy atom. The van der Waals surface area contributed by atoms with Gasteiger partial charge in [0.05, 0.1) is 11.9 Å². The number of amides is 2. The van der Waals surface area contributed by atoms with Crippen molar-refractivity contribution >= 4 is 27.5 Å². The van der Waals surface area contributed by atoms with Crippen LogP contribution in [0.1, 0.15) is 48.9 Å². The third kappa shape index (κ3) is 10.0. The van der Waals surface area contributed by atoms with E-state index in [9.17, 15) is 18.0 Å². The molecule has 8 heteroatoms. The SMILES string of the molecule is Cc1cc(C)cc(N(CCCC(=O)N(Cc2ccccc2)C(Cc2ccccc2)C(=O)NCC(C)C)S(C)(=O)=O)c1. The molecule has 7 nitrogen and oxygen atoms in total. The summed E-state index contributed by atoms with van der Waals surface area (Å²) in [6.45, 7) is 8.87. The second-order valence-corrected chi connectivity index (χ2v) is 13.0. The highest BCUT2D eigenvalue weighted by atomic mass is 32.2. The average Bonchev–Trinajstić information content (AvgIpc) is 2.91. The monoisotopic (exact) mass is 577 g/mol. The number of carbonyl (C=O) groups excluding carboxylic acids is 2. The van der Waals surface area contributed by atoms with E-state index in [-0.39, 0.29) is 37.2 Å². The predicted molar refractivity (Wildman–Crippen MR) is 166 cm³/mol. The summed E-state index contributed by atoms with van der Waals surface area (Å²) in [5, 5.41) is 3.03. The number of nitrogens with zero attached hydrogens (tertiary/aromatic N) is 2. The Kier molecular flexibility index (Phi) is 11.5. The van der Waals surface area contributed by atoms with Crippen molar-refractivity contribution < 1.29 is 18.0 Å². The van der Waals surface area contributed by atoms with Crippen molar-refractivity contribution in [1.82, 2.24) is 10.2 Å². The third-order valence-corrected chi connectivity index (χ3v) is 7.99. The predicted octanol–water partition coefficient (Wildman–Crippen LogP) is 5.26. The van der Waals surface area contributed by atoms with Gasteiger partial charge in [0.15, 0.2) is 0 Å². The molecule has 1 N–H and O–H groups in total. The first-order valence-corrected chi connectivity index (χ1v) is 16.0. The summed E-state index contributed by atoms with van der Waals surface area (Å²) < 4.78 is 26.8. The lowest BCUT2D eigenvalue weighted by molar-refractivity contribution is -0.141. The summed E-state index contributed by atoms with van der Waals surface area (Å²) in [4.78, 5) is 29.1. The van der Waals surface area contributed by atoms with Crippen LogP contribution in [0.2, 0.25) is 0 Å². The van der Waals surface area contributed by atoms with Gasteiger partial charge in [-0.1, -0.05) is 80.6 Å². The molecule has 0 aliphatic heterocycles. The Morgan fingerprint density at radius 2 is 1.41 bits per heavy atom. The van der Waals surface area contributed by atoms with Gasteiger partial charge in [-0.05, 0) is 60.6 Å². The molecule has 0 heterocycles. The van der Waals surface area contributed by atoms with Crippen LogP contribution in [-0.2, 0) is 32.6 Å². The molecule has 0 saturated carbocycles. The Bertz CT molecular complexity index is 1370. The molecule has 0 aliphatic carbocycles. The molecule has 3 rings (SSSR count). The Balaban J connectivity index is 1.87. The van der Waals surface area contributed by atoms with Crippen LogP contribution < -0.4 is 9.62 Å². The van der Waals surface area contributed by atoms with Crippen LogP contribution in [-0.4, -0.2) is 50.5 Å². The molecule has 3 aromatic carbocycles. The van der Waals surface area contributed by atoms with Crippen molar-refractivity contribution in [2.45, 2.75) is 59.5 Å². The average molecular weight is 578 g/mol. The molecule has 0 aliphatic rings. The van der Waals surface area contributed by atoms with Gasteiger partial charge < -0.3 is 10.2 Å². The molecule has 3 aromatic rings. The van der Waals surface area contributed by atoms with Crippen molar-refractivity contribution in [3.8, 4) is 0 Å². The number of rotatable bonds is 14. The molecule has 0 spiro atoms. The normalized spacial score (nSPS) is 12.1. The van der Waals surface area contributed by atoms with E-state index in [2.05, 4.69) is 5.32 Å². The summed E-state index contributed by atoms with van der Waals surface area (Å²) >= 11 is 0. The number of anilines is 1. The fourth-order valence-corrected chi connectivity index (χ4v) is 5.80. The van der Waals surface area contributed by atoms with Gasteiger partial charge in [-0.15, -0.1) is 0 Å². The zero-order valence-electron chi connectivity index (χ0n) is 24.8. The first kappa shape index (κ1) is 31.9. The van der Waals surface area contributed by atoms with Gasteiger partial charge in [0.2, 0.25) is 21.8 Å². The van der Waals surface area contributed by atoms with E-state index >= 15 is 0 Å². The standard InChI is InChI=1S/C33H43N3O4S/c1-25(2)23-34-33(38)31(22-28-13-8-6-9-14-28)35(24-29-15-10-7-11-16-29)32(37)17-12-18-36(41(5,39)40)30-20-26(3)19-27(4)21-30/h6-11,13-16,19-21,25,31H,12,17-18,22-24H2,1-5H3,(H,34,38). The number of hydrogen-bond acceptors (Lipinski definition) is 4. The largest absolute Gasteiger partial charge is 0.354 e. The molecule has 0 aromatic heterocycles. The van der Waals surface area contributed by atoms with Crippen LogP contribution in [0.5, 0.6) is 0 Å².